The molecule has 2 rings (SSSR count). The van der Waals surface area contributed by atoms with Gasteiger partial charge in [-0.25, -0.2) is 0 Å². The third-order valence-electron chi connectivity index (χ3n) is 3.98. The van der Waals surface area contributed by atoms with E-state index in [9.17, 15) is 0 Å². The summed E-state index contributed by atoms with van der Waals surface area (Å²) in [4.78, 5) is 2.42. The van der Waals surface area contributed by atoms with Gasteiger partial charge in [0.05, 0.1) is 12.2 Å². The Kier molecular flexibility index (Phi) is 5.19. The smallest absolute Gasteiger partial charge is 0.0678 e. The van der Waals surface area contributed by atoms with Gasteiger partial charge in [-0.1, -0.05) is 38.1 Å². The molecule has 3 atom stereocenters. The molecule has 0 saturated carbocycles. The molecule has 0 aliphatic carbocycles. The molecule has 112 valence electrons. The van der Waals surface area contributed by atoms with Gasteiger partial charge in [0.2, 0.25) is 0 Å². The Morgan fingerprint density at radius 3 is 2.10 bits per heavy atom. The second kappa shape index (κ2) is 6.70. The van der Waals surface area contributed by atoms with E-state index in [4.69, 9.17) is 10.5 Å². The van der Waals surface area contributed by atoms with E-state index in [1.54, 1.807) is 0 Å². The molecule has 1 unspecified atom stereocenters. The fourth-order valence-electron chi connectivity index (χ4n) is 2.95. The number of benzene rings is 1. The molecule has 1 aromatic carbocycles. The van der Waals surface area contributed by atoms with Crippen LogP contribution in [0.5, 0.6) is 0 Å². The molecule has 0 spiro atoms. The second-order valence-electron chi connectivity index (χ2n) is 6.40. The highest BCUT2D eigenvalue weighted by atomic mass is 16.5. The second-order valence-corrected chi connectivity index (χ2v) is 6.40. The summed E-state index contributed by atoms with van der Waals surface area (Å²) in [6, 6.07) is 8.82. The third kappa shape index (κ3) is 4.05. The van der Waals surface area contributed by atoms with Crippen molar-refractivity contribution >= 4 is 0 Å². The summed E-state index contributed by atoms with van der Waals surface area (Å²) < 4.78 is 5.76. The summed E-state index contributed by atoms with van der Waals surface area (Å²) in [6.45, 7) is 11.5. The van der Waals surface area contributed by atoms with Gasteiger partial charge < -0.3 is 10.5 Å². The van der Waals surface area contributed by atoms with E-state index in [2.05, 4.69) is 56.9 Å². The summed E-state index contributed by atoms with van der Waals surface area (Å²) in [7, 11) is 0. The number of ether oxygens (including phenoxy) is 1. The predicted octanol–water partition coefficient (Wildman–Crippen LogP) is 2.92. The zero-order valence-electron chi connectivity index (χ0n) is 13.2. The molecular formula is C17H28N2O. The van der Waals surface area contributed by atoms with Crippen LogP contribution < -0.4 is 5.73 Å². The molecule has 3 heteroatoms. The van der Waals surface area contributed by atoms with E-state index in [1.807, 2.05) is 0 Å². The molecule has 1 aliphatic heterocycles. The van der Waals surface area contributed by atoms with Gasteiger partial charge >= 0.3 is 0 Å². The van der Waals surface area contributed by atoms with Gasteiger partial charge in [-0.3, -0.25) is 4.90 Å². The summed E-state index contributed by atoms with van der Waals surface area (Å²) in [5.41, 5.74) is 8.95. The Morgan fingerprint density at radius 2 is 1.60 bits per heavy atom. The maximum Gasteiger partial charge on any atom is 0.0678 e. The first-order chi connectivity index (χ1) is 9.45. The Labute approximate surface area is 123 Å². The van der Waals surface area contributed by atoms with Crippen LogP contribution in [0, 0.1) is 0 Å². The maximum absolute atomic E-state index is 6.36. The van der Waals surface area contributed by atoms with Crippen LogP contribution >= 0.6 is 0 Å². The number of hydrogen-bond acceptors (Lipinski definition) is 3. The van der Waals surface area contributed by atoms with Crippen molar-refractivity contribution in [3.05, 3.63) is 35.4 Å². The average molecular weight is 276 g/mol. The van der Waals surface area contributed by atoms with Crippen LogP contribution in [0.3, 0.4) is 0 Å². The lowest BCUT2D eigenvalue weighted by molar-refractivity contribution is -0.0691. The van der Waals surface area contributed by atoms with Crippen LogP contribution in [0.15, 0.2) is 24.3 Å². The van der Waals surface area contributed by atoms with E-state index in [0.717, 1.165) is 19.6 Å². The first-order valence-corrected chi connectivity index (χ1v) is 7.69. The first-order valence-electron chi connectivity index (χ1n) is 7.69. The predicted molar refractivity (Wildman–Crippen MR) is 83.9 cm³/mol. The summed E-state index contributed by atoms with van der Waals surface area (Å²) in [5.74, 6) is 0.571. The van der Waals surface area contributed by atoms with Crippen molar-refractivity contribution in [1.82, 2.24) is 4.90 Å². The van der Waals surface area contributed by atoms with Gasteiger partial charge in [0.1, 0.15) is 0 Å². The van der Waals surface area contributed by atoms with Gasteiger partial charge in [-0.15, -0.1) is 0 Å². The van der Waals surface area contributed by atoms with Gasteiger partial charge in [-0.2, -0.15) is 0 Å². The molecule has 1 heterocycles. The van der Waals surface area contributed by atoms with Crippen molar-refractivity contribution < 1.29 is 4.74 Å². The zero-order valence-corrected chi connectivity index (χ0v) is 13.2. The minimum Gasteiger partial charge on any atom is -0.373 e. The monoisotopic (exact) mass is 276 g/mol. The van der Waals surface area contributed by atoms with Crippen LogP contribution in [0.2, 0.25) is 0 Å². The summed E-state index contributed by atoms with van der Waals surface area (Å²) >= 11 is 0. The molecule has 0 aromatic heterocycles. The molecule has 0 amide bonds. The third-order valence-corrected chi connectivity index (χ3v) is 3.98. The lowest BCUT2D eigenvalue weighted by Gasteiger charge is -2.36. The number of nitrogens with zero attached hydrogens (tertiary/aromatic N) is 1. The summed E-state index contributed by atoms with van der Waals surface area (Å²) in [6.07, 6.45) is 0.600. The minimum absolute atomic E-state index is 0.0775. The Balaban J connectivity index is 1.95. The molecule has 2 N–H and O–H groups in total. The molecule has 1 fully saturated rings. The lowest BCUT2D eigenvalue weighted by Crippen LogP contribution is -2.47. The largest absolute Gasteiger partial charge is 0.373 e. The molecule has 3 nitrogen and oxygen atoms in total. The maximum atomic E-state index is 6.36. The van der Waals surface area contributed by atoms with Crippen molar-refractivity contribution in [2.75, 3.05) is 19.6 Å². The highest BCUT2D eigenvalue weighted by Gasteiger charge is 2.23. The minimum atomic E-state index is 0.0775. The lowest BCUT2D eigenvalue weighted by atomic mass is 9.99. The number of nitrogens with two attached hydrogens (primary N) is 1. The topological polar surface area (TPSA) is 38.5 Å². The molecule has 1 aromatic rings. The van der Waals surface area contributed by atoms with E-state index in [0.29, 0.717) is 18.1 Å². The van der Waals surface area contributed by atoms with E-state index in [-0.39, 0.29) is 6.04 Å². The molecule has 1 saturated heterocycles. The van der Waals surface area contributed by atoms with Gasteiger partial charge in [0, 0.05) is 25.7 Å². The van der Waals surface area contributed by atoms with Crippen molar-refractivity contribution in [1.29, 1.82) is 0 Å². The number of hydrogen-bond donors (Lipinski definition) is 1. The number of rotatable bonds is 4. The van der Waals surface area contributed by atoms with Crippen molar-refractivity contribution in [2.45, 2.75) is 51.9 Å². The summed E-state index contributed by atoms with van der Waals surface area (Å²) in [5, 5.41) is 0. The van der Waals surface area contributed by atoms with E-state index < -0.39 is 0 Å². The SMILES string of the molecule is CC(C)c1ccc(C(N)CN2C[C@@H](C)O[C@@H](C)C2)cc1. The van der Waals surface area contributed by atoms with Crippen molar-refractivity contribution in [3.8, 4) is 0 Å². The van der Waals surface area contributed by atoms with Crippen LogP contribution in [0.1, 0.15) is 50.8 Å². The average Bonchev–Trinajstić information content (AvgIpc) is 2.37. The fourth-order valence-corrected chi connectivity index (χ4v) is 2.95. The van der Waals surface area contributed by atoms with Gasteiger partial charge in [-0.05, 0) is 30.9 Å². The van der Waals surface area contributed by atoms with Crippen LogP contribution in [-0.2, 0) is 4.74 Å². The highest BCUT2D eigenvalue weighted by molar-refractivity contribution is 5.26. The van der Waals surface area contributed by atoms with E-state index >= 15 is 0 Å². The Hall–Kier alpha value is -0.900. The molecule has 1 aliphatic rings. The molecule has 0 radical (unpaired) electrons. The quantitative estimate of drug-likeness (QED) is 0.919. The molecule has 20 heavy (non-hydrogen) atoms. The standard InChI is InChI=1S/C17H28N2O/c1-12(2)15-5-7-16(8-6-15)17(18)11-19-9-13(3)20-14(4)10-19/h5-8,12-14,17H,9-11,18H2,1-4H3/t13-,14+,17?. The Morgan fingerprint density at radius 1 is 1.10 bits per heavy atom. The number of morpholine rings is 1. The van der Waals surface area contributed by atoms with Gasteiger partial charge in [0.15, 0.2) is 0 Å². The van der Waals surface area contributed by atoms with Gasteiger partial charge in [0.25, 0.3) is 0 Å². The van der Waals surface area contributed by atoms with E-state index in [1.165, 1.54) is 11.1 Å². The van der Waals surface area contributed by atoms with Crippen molar-refractivity contribution in [2.24, 2.45) is 5.73 Å². The zero-order chi connectivity index (χ0) is 14.7. The van der Waals surface area contributed by atoms with Crippen LogP contribution in [0.4, 0.5) is 0 Å². The first kappa shape index (κ1) is 15.5. The normalized spacial score (nSPS) is 25.9. The Bertz CT molecular complexity index is 406. The highest BCUT2D eigenvalue weighted by Crippen LogP contribution is 2.19. The molecule has 0 bridgehead atoms. The van der Waals surface area contributed by atoms with Crippen LogP contribution in [-0.4, -0.2) is 36.7 Å². The van der Waals surface area contributed by atoms with Crippen LogP contribution in [0.25, 0.3) is 0 Å². The molecular weight excluding hydrogens is 248 g/mol. The van der Waals surface area contributed by atoms with Crippen molar-refractivity contribution in [3.63, 3.8) is 0 Å². The fraction of sp³-hybridized carbons (Fsp3) is 0.647.